The first-order valence-electron chi connectivity index (χ1n) is 7.71. The molecule has 0 aliphatic heterocycles. The van der Waals surface area contributed by atoms with Gasteiger partial charge in [-0.2, -0.15) is 0 Å². The van der Waals surface area contributed by atoms with Gasteiger partial charge in [-0.25, -0.2) is 8.42 Å². The topological polar surface area (TPSA) is 107 Å². The quantitative estimate of drug-likeness (QED) is 0.561. The second-order valence-corrected chi connectivity index (χ2v) is 7.51. The normalized spacial score (nSPS) is 11.3. The van der Waals surface area contributed by atoms with E-state index in [4.69, 9.17) is 0 Å². The minimum absolute atomic E-state index is 0.00296. The third kappa shape index (κ3) is 3.57. The lowest BCUT2D eigenvalue weighted by Gasteiger charge is -2.14. The third-order valence-electron chi connectivity index (χ3n) is 3.91. The smallest absolute Gasteiger partial charge is 0.261 e. The van der Waals surface area contributed by atoms with Gasteiger partial charge in [0, 0.05) is 11.6 Å². The van der Waals surface area contributed by atoms with Gasteiger partial charge in [-0.1, -0.05) is 12.1 Å². The van der Waals surface area contributed by atoms with E-state index in [1.165, 1.54) is 42.5 Å². The predicted molar refractivity (Wildman–Crippen MR) is 98.9 cm³/mol. The second-order valence-electron chi connectivity index (χ2n) is 5.83. The molecule has 0 bridgehead atoms. The molecule has 0 atom stereocenters. The van der Waals surface area contributed by atoms with E-state index in [0.717, 1.165) is 0 Å². The van der Waals surface area contributed by atoms with Crippen LogP contribution in [0.3, 0.4) is 0 Å². The first kappa shape index (κ1) is 17.6. The summed E-state index contributed by atoms with van der Waals surface area (Å²) in [5.41, 5.74) is 2.08. The van der Waals surface area contributed by atoms with Crippen molar-refractivity contribution in [1.29, 1.82) is 0 Å². The Morgan fingerprint density at radius 3 is 1.92 bits per heavy atom. The lowest BCUT2D eigenvalue weighted by atomic mass is 10.0. The van der Waals surface area contributed by atoms with E-state index in [1.807, 2.05) is 0 Å². The number of hydrogen-bond donors (Lipinski definition) is 4. The van der Waals surface area contributed by atoms with Gasteiger partial charge in [0.1, 0.15) is 17.2 Å². The fourth-order valence-corrected chi connectivity index (χ4v) is 3.63. The molecule has 0 aliphatic carbocycles. The molecule has 6 nitrogen and oxygen atoms in total. The summed E-state index contributed by atoms with van der Waals surface area (Å²) in [7, 11) is -3.86. The van der Waals surface area contributed by atoms with E-state index in [9.17, 15) is 23.7 Å². The van der Waals surface area contributed by atoms with Crippen molar-refractivity contribution in [2.75, 3.05) is 4.72 Å². The van der Waals surface area contributed by atoms with Gasteiger partial charge < -0.3 is 15.3 Å². The molecule has 0 radical (unpaired) electrons. The number of rotatable bonds is 4. The van der Waals surface area contributed by atoms with Gasteiger partial charge in [0.05, 0.1) is 10.6 Å². The Labute approximate surface area is 151 Å². The van der Waals surface area contributed by atoms with Crippen LogP contribution >= 0.6 is 0 Å². The standard InChI is InChI=1S/C19H17NO5S/c1-12-10-17(13-2-4-14(21)5-3-13)19(23)11-18(12)20-26(24,25)16-8-6-15(22)7-9-16/h2-11,20-23H,1H3. The summed E-state index contributed by atoms with van der Waals surface area (Å²) >= 11 is 0. The first-order valence-corrected chi connectivity index (χ1v) is 9.19. The average Bonchev–Trinajstić information content (AvgIpc) is 2.59. The zero-order chi connectivity index (χ0) is 18.9. The Hall–Kier alpha value is -3.19. The van der Waals surface area contributed by atoms with Crippen molar-refractivity contribution in [3.05, 3.63) is 66.2 Å². The zero-order valence-corrected chi connectivity index (χ0v) is 14.7. The number of nitrogens with one attached hydrogen (secondary N) is 1. The third-order valence-corrected chi connectivity index (χ3v) is 5.29. The van der Waals surface area contributed by atoms with Gasteiger partial charge in [-0.3, -0.25) is 4.72 Å². The van der Waals surface area contributed by atoms with Gasteiger partial charge in [0.15, 0.2) is 0 Å². The number of aryl methyl sites for hydroxylation is 1. The van der Waals surface area contributed by atoms with Crippen LogP contribution in [0.1, 0.15) is 5.56 Å². The molecule has 0 heterocycles. The van der Waals surface area contributed by atoms with Crippen molar-refractivity contribution < 1.29 is 23.7 Å². The van der Waals surface area contributed by atoms with E-state index in [1.54, 1.807) is 25.1 Å². The molecule has 4 N–H and O–H groups in total. The van der Waals surface area contributed by atoms with Gasteiger partial charge in [0.2, 0.25) is 0 Å². The van der Waals surface area contributed by atoms with Crippen LogP contribution in [0.5, 0.6) is 17.2 Å². The summed E-state index contributed by atoms with van der Waals surface area (Å²) in [6.07, 6.45) is 0. The molecule has 0 spiro atoms. The molecule has 0 amide bonds. The molecule has 0 saturated carbocycles. The molecule has 3 aromatic rings. The highest BCUT2D eigenvalue weighted by atomic mass is 32.2. The molecule has 7 heteroatoms. The average molecular weight is 371 g/mol. The number of phenolic OH excluding ortho intramolecular Hbond substituents is 3. The van der Waals surface area contributed by atoms with Crippen LogP contribution in [-0.2, 0) is 10.0 Å². The number of phenols is 3. The number of sulfonamides is 1. The van der Waals surface area contributed by atoms with E-state index >= 15 is 0 Å². The van der Waals surface area contributed by atoms with E-state index < -0.39 is 10.0 Å². The highest BCUT2D eigenvalue weighted by Crippen LogP contribution is 2.35. The molecule has 3 rings (SSSR count). The molecule has 0 saturated heterocycles. The zero-order valence-electron chi connectivity index (χ0n) is 13.8. The summed E-state index contributed by atoms with van der Waals surface area (Å²) in [6.45, 7) is 1.72. The lowest BCUT2D eigenvalue weighted by Crippen LogP contribution is -2.13. The molecule has 134 valence electrons. The number of anilines is 1. The fraction of sp³-hybridized carbons (Fsp3) is 0.0526. The van der Waals surface area contributed by atoms with Gasteiger partial charge in [-0.15, -0.1) is 0 Å². The summed E-state index contributed by atoms with van der Waals surface area (Å²) < 4.78 is 27.4. The molecule has 3 aromatic carbocycles. The maximum absolute atomic E-state index is 12.5. The maximum atomic E-state index is 12.5. The van der Waals surface area contributed by atoms with E-state index in [2.05, 4.69) is 4.72 Å². The Bertz CT molecular complexity index is 1040. The number of benzene rings is 3. The fourth-order valence-electron chi connectivity index (χ4n) is 2.51. The SMILES string of the molecule is Cc1cc(-c2ccc(O)cc2)c(O)cc1NS(=O)(=O)c1ccc(O)cc1. The summed E-state index contributed by atoms with van der Waals surface area (Å²) in [5.74, 6) is -0.0102. The number of hydrogen-bond acceptors (Lipinski definition) is 5. The second kappa shape index (κ2) is 6.61. The van der Waals surface area contributed by atoms with Gasteiger partial charge in [-0.05, 0) is 60.5 Å². The predicted octanol–water partition coefficient (Wildman–Crippen LogP) is 3.58. The Kier molecular flexibility index (Phi) is 4.48. The minimum Gasteiger partial charge on any atom is -0.508 e. The van der Waals surface area contributed by atoms with Gasteiger partial charge >= 0.3 is 0 Å². The Balaban J connectivity index is 1.95. The molecule has 0 fully saturated rings. The highest BCUT2D eigenvalue weighted by Gasteiger charge is 2.17. The van der Waals surface area contributed by atoms with Crippen molar-refractivity contribution in [3.8, 4) is 28.4 Å². The van der Waals surface area contributed by atoms with E-state index in [0.29, 0.717) is 16.7 Å². The van der Waals surface area contributed by atoms with Crippen LogP contribution in [-0.4, -0.2) is 23.7 Å². The monoisotopic (exact) mass is 371 g/mol. The molecular weight excluding hydrogens is 354 g/mol. The highest BCUT2D eigenvalue weighted by molar-refractivity contribution is 7.92. The number of aromatic hydroxyl groups is 3. The summed E-state index contributed by atoms with van der Waals surface area (Å²) in [6, 6.07) is 14.5. The van der Waals surface area contributed by atoms with Crippen molar-refractivity contribution in [2.24, 2.45) is 0 Å². The molecule has 0 aromatic heterocycles. The van der Waals surface area contributed by atoms with Crippen LogP contribution in [0.4, 0.5) is 5.69 Å². The molecule has 0 aliphatic rings. The van der Waals surface area contributed by atoms with Crippen molar-refractivity contribution in [2.45, 2.75) is 11.8 Å². The van der Waals surface area contributed by atoms with Crippen LogP contribution in [0, 0.1) is 6.92 Å². The van der Waals surface area contributed by atoms with Crippen molar-refractivity contribution in [1.82, 2.24) is 0 Å². The van der Waals surface area contributed by atoms with Crippen LogP contribution in [0.25, 0.3) is 11.1 Å². The Morgan fingerprint density at radius 2 is 1.35 bits per heavy atom. The van der Waals surface area contributed by atoms with Gasteiger partial charge in [0.25, 0.3) is 10.0 Å². The van der Waals surface area contributed by atoms with Crippen LogP contribution < -0.4 is 4.72 Å². The van der Waals surface area contributed by atoms with Crippen molar-refractivity contribution in [3.63, 3.8) is 0 Å². The summed E-state index contributed by atoms with van der Waals surface area (Å²) in [5, 5.41) is 29.0. The van der Waals surface area contributed by atoms with E-state index in [-0.39, 0.29) is 27.8 Å². The van der Waals surface area contributed by atoms with Crippen LogP contribution in [0.15, 0.2) is 65.6 Å². The van der Waals surface area contributed by atoms with Crippen LogP contribution in [0.2, 0.25) is 0 Å². The molecule has 0 unspecified atom stereocenters. The molecule has 26 heavy (non-hydrogen) atoms. The first-order chi connectivity index (χ1) is 12.3. The summed E-state index contributed by atoms with van der Waals surface area (Å²) in [4.78, 5) is -0.00296. The van der Waals surface area contributed by atoms with Crippen molar-refractivity contribution >= 4 is 15.7 Å². The Morgan fingerprint density at radius 1 is 0.808 bits per heavy atom. The molecular formula is C19H17NO5S. The lowest BCUT2D eigenvalue weighted by molar-refractivity contribution is 0.474. The largest absolute Gasteiger partial charge is 0.508 e. The minimum atomic E-state index is -3.86. The maximum Gasteiger partial charge on any atom is 0.261 e.